The highest BCUT2D eigenvalue weighted by molar-refractivity contribution is 5.95. The topological polar surface area (TPSA) is 89.8 Å². The highest BCUT2D eigenvalue weighted by atomic mass is 16.3. The molecule has 0 spiro atoms. The molecule has 5 heteroatoms. The highest BCUT2D eigenvalue weighted by Crippen LogP contribution is 2.24. The second kappa shape index (κ2) is 5.54. The summed E-state index contributed by atoms with van der Waals surface area (Å²) in [5, 5.41) is 30.1. The van der Waals surface area contributed by atoms with Crippen molar-refractivity contribution < 1.29 is 20.1 Å². The summed E-state index contributed by atoms with van der Waals surface area (Å²) in [5.74, 6) is -0.908. The van der Waals surface area contributed by atoms with Gasteiger partial charge in [0.2, 0.25) is 0 Å². The van der Waals surface area contributed by atoms with Gasteiger partial charge in [-0.25, -0.2) is 0 Å². The van der Waals surface area contributed by atoms with Crippen LogP contribution in [-0.2, 0) is 0 Å². The fraction of sp³-hybridized carbons (Fsp3) is 0.417. The van der Waals surface area contributed by atoms with Crippen molar-refractivity contribution in [3.05, 3.63) is 23.8 Å². The van der Waals surface area contributed by atoms with Crippen LogP contribution in [-0.4, -0.2) is 33.9 Å². The largest absolute Gasteiger partial charge is 0.504 e. The molecular formula is C12H17NO4. The van der Waals surface area contributed by atoms with E-state index in [1.807, 2.05) is 13.8 Å². The van der Waals surface area contributed by atoms with Gasteiger partial charge in [-0.15, -0.1) is 0 Å². The lowest BCUT2D eigenvalue weighted by Gasteiger charge is -2.19. The summed E-state index contributed by atoms with van der Waals surface area (Å²) in [6, 6.07) is 3.49. The SMILES string of the molecule is CC(C)[C@@H](CO)NC(=O)c1ccc(O)c(O)c1. The first-order valence-electron chi connectivity index (χ1n) is 5.39. The van der Waals surface area contributed by atoms with Crippen molar-refractivity contribution in [2.75, 3.05) is 6.61 Å². The van der Waals surface area contributed by atoms with Gasteiger partial charge in [0.15, 0.2) is 11.5 Å². The lowest BCUT2D eigenvalue weighted by atomic mass is 10.0. The molecule has 0 heterocycles. The molecule has 0 unspecified atom stereocenters. The fourth-order valence-electron chi connectivity index (χ4n) is 1.34. The second-order valence-corrected chi connectivity index (χ2v) is 4.21. The number of benzene rings is 1. The Hall–Kier alpha value is -1.75. The summed E-state index contributed by atoms with van der Waals surface area (Å²) >= 11 is 0. The smallest absolute Gasteiger partial charge is 0.251 e. The van der Waals surface area contributed by atoms with Crippen LogP contribution in [0.15, 0.2) is 18.2 Å². The maximum atomic E-state index is 11.8. The minimum absolute atomic E-state index is 0.106. The molecule has 0 saturated carbocycles. The number of carbonyl (C=O) groups excluding carboxylic acids is 1. The van der Waals surface area contributed by atoms with E-state index in [1.54, 1.807) is 0 Å². The van der Waals surface area contributed by atoms with Crippen molar-refractivity contribution in [1.29, 1.82) is 0 Å². The standard InChI is InChI=1S/C12H17NO4/c1-7(2)9(6-14)13-12(17)8-3-4-10(15)11(16)5-8/h3-5,7,9,14-16H,6H2,1-2H3,(H,13,17)/t9-/m1/s1. The Morgan fingerprint density at radius 2 is 1.94 bits per heavy atom. The first kappa shape index (κ1) is 13.3. The summed E-state index contributed by atoms with van der Waals surface area (Å²) < 4.78 is 0. The molecule has 1 aromatic rings. The van der Waals surface area contributed by atoms with Crippen molar-refractivity contribution in [3.8, 4) is 11.5 Å². The van der Waals surface area contributed by atoms with E-state index in [4.69, 9.17) is 10.2 Å². The molecule has 0 aromatic heterocycles. The number of carbonyl (C=O) groups is 1. The molecule has 5 nitrogen and oxygen atoms in total. The summed E-state index contributed by atoms with van der Waals surface area (Å²) in [5.41, 5.74) is 0.236. The zero-order chi connectivity index (χ0) is 13.0. The lowest BCUT2D eigenvalue weighted by molar-refractivity contribution is 0.0896. The summed E-state index contributed by atoms with van der Waals surface area (Å²) in [7, 11) is 0. The molecule has 1 atom stereocenters. The van der Waals surface area contributed by atoms with Crippen LogP contribution >= 0.6 is 0 Å². The predicted octanol–water partition coefficient (Wildman–Crippen LogP) is 0.844. The van der Waals surface area contributed by atoms with Crippen LogP contribution in [0, 0.1) is 5.92 Å². The zero-order valence-electron chi connectivity index (χ0n) is 9.84. The van der Waals surface area contributed by atoms with Crippen molar-refractivity contribution in [1.82, 2.24) is 5.32 Å². The number of aliphatic hydroxyl groups is 1. The molecule has 0 bridgehead atoms. The van der Waals surface area contributed by atoms with Crippen LogP contribution < -0.4 is 5.32 Å². The van der Waals surface area contributed by atoms with Crippen molar-refractivity contribution in [2.24, 2.45) is 5.92 Å². The number of aliphatic hydroxyl groups excluding tert-OH is 1. The molecule has 0 aliphatic rings. The van der Waals surface area contributed by atoms with E-state index < -0.39 is 5.91 Å². The van der Waals surface area contributed by atoms with Crippen LogP contribution in [0.4, 0.5) is 0 Å². The van der Waals surface area contributed by atoms with Gasteiger partial charge >= 0.3 is 0 Å². The van der Waals surface area contributed by atoms with Crippen LogP contribution in [0.2, 0.25) is 0 Å². The summed E-state index contributed by atoms with van der Waals surface area (Å²) in [4.78, 5) is 11.8. The minimum Gasteiger partial charge on any atom is -0.504 e. The Balaban J connectivity index is 2.79. The zero-order valence-corrected chi connectivity index (χ0v) is 9.84. The highest BCUT2D eigenvalue weighted by Gasteiger charge is 2.16. The minimum atomic E-state index is -0.395. The molecule has 0 saturated heterocycles. The van der Waals surface area contributed by atoms with Gasteiger partial charge in [-0.1, -0.05) is 13.8 Å². The maximum absolute atomic E-state index is 11.8. The average molecular weight is 239 g/mol. The molecule has 4 N–H and O–H groups in total. The van der Waals surface area contributed by atoms with Crippen molar-refractivity contribution >= 4 is 5.91 Å². The molecule has 1 aromatic carbocycles. The summed E-state index contributed by atoms with van der Waals surface area (Å²) in [6.45, 7) is 3.62. The molecule has 1 rings (SSSR count). The molecule has 0 aliphatic carbocycles. The molecule has 94 valence electrons. The van der Waals surface area contributed by atoms with E-state index in [-0.39, 0.29) is 35.6 Å². The van der Waals surface area contributed by atoms with E-state index >= 15 is 0 Å². The normalized spacial score (nSPS) is 12.5. The van der Waals surface area contributed by atoms with Gasteiger partial charge in [-0.3, -0.25) is 4.79 Å². The van der Waals surface area contributed by atoms with Gasteiger partial charge < -0.3 is 20.6 Å². The molecule has 17 heavy (non-hydrogen) atoms. The first-order chi connectivity index (χ1) is 7.95. The van der Waals surface area contributed by atoms with Crippen LogP contribution in [0.1, 0.15) is 24.2 Å². The molecule has 0 radical (unpaired) electrons. The van der Waals surface area contributed by atoms with Crippen molar-refractivity contribution in [3.63, 3.8) is 0 Å². The third kappa shape index (κ3) is 3.35. The van der Waals surface area contributed by atoms with E-state index in [9.17, 15) is 9.90 Å². The Morgan fingerprint density at radius 3 is 2.41 bits per heavy atom. The second-order valence-electron chi connectivity index (χ2n) is 4.21. The number of phenols is 2. The summed E-state index contributed by atoms with van der Waals surface area (Å²) in [6.07, 6.45) is 0. The maximum Gasteiger partial charge on any atom is 0.251 e. The number of hydrogen-bond donors (Lipinski definition) is 4. The number of hydrogen-bond acceptors (Lipinski definition) is 4. The quantitative estimate of drug-likeness (QED) is 0.586. The van der Waals surface area contributed by atoms with Crippen LogP contribution in [0.3, 0.4) is 0 Å². The third-order valence-electron chi connectivity index (χ3n) is 2.56. The Bertz CT molecular complexity index is 403. The van der Waals surface area contributed by atoms with Gasteiger partial charge in [0.25, 0.3) is 5.91 Å². The Kier molecular flexibility index (Phi) is 4.34. The number of phenolic OH excluding ortho intramolecular Hbond substituents is 2. The fourth-order valence-corrected chi connectivity index (χ4v) is 1.34. The molecule has 1 amide bonds. The molecular weight excluding hydrogens is 222 g/mol. The number of nitrogens with one attached hydrogen (secondary N) is 1. The van der Waals surface area contributed by atoms with Gasteiger partial charge in [-0.05, 0) is 24.1 Å². The van der Waals surface area contributed by atoms with E-state index in [0.717, 1.165) is 0 Å². The third-order valence-corrected chi connectivity index (χ3v) is 2.56. The number of amides is 1. The predicted molar refractivity (Wildman–Crippen MR) is 62.9 cm³/mol. The van der Waals surface area contributed by atoms with E-state index in [0.29, 0.717) is 0 Å². The molecule has 0 fully saturated rings. The van der Waals surface area contributed by atoms with Crippen LogP contribution in [0.5, 0.6) is 11.5 Å². The van der Waals surface area contributed by atoms with Crippen LogP contribution in [0.25, 0.3) is 0 Å². The average Bonchev–Trinajstić information content (AvgIpc) is 2.28. The van der Waals surface area contributed by atoms with Gasteiger partial charge in [0.05, 0.1) is 12.6 Å². The molecule has 0 aliphatic heterocycles. The van der Waals surface area contributed by atoms with E-state index in [2.05, 4.69) is 5.32 Å². The van der Waals surface area contributed by atoms with E-state index in [1.165, 1.54) is 18.2 Å². The lowest BCUT2D eigenvalue weighted by Crippen LogP contribution is -2.41. The first-order valence-corrected chi connectivity index (χ1v) is 5.39. The number of rotatable bonds is 4. The Labute approximate surface area is 99.7 Å². The van der Waals surface area contributed by atoms with Gasteiger partial charge in [0.1, 0.15) is 0 Å². The van der Waals surface area contributed by atoms with Gasteiger partial charge in [0, 0.05) is 5.56 Å². The van der Waals surface area contributed by atoms with Gasteiger partial charge in [-0.2, -0.15) is 0 Å². The Morgan fingerprint density at radius 1 is 1.29 bits per heavy atom. The van der Waals surface area contributed by atoms with Crippen molar-refractivity contribution in [2.45, 2.75) is 19.9 Å². The monoisotopic (exact) mass is 239 g/mol. The number of aromatic hydroxyl groups is 2.